The van der Waals surface area contributed by atoms with Gasteiger partial charge < -0.3 is 20.8 Å². The number of anilines is 1. The quantitative estimate of drug-likeness (QED) is 0.538. The van der Waals surface area contributed by atoms with Gasteiger partial charge >= 0.3 is 5.97 Å². The van der Waals surface area contributed by atoms with Crippen LogP contribution in [-0.2, 0) is 9.53 Å². The van der Waals surface area contributed by atoms with E-state index < -0.39 is 23.9 Å². The van der Waals surface area contributed by atoms with Crippen LogP contribution in [-0.4, -0.2) is 34.7 Å². The highest BCUT2D eigenvalue weighted by atomic mass is 32.1. The van der Waals surface area contributed by atoms with Gasteiger partial charge in [-0.05, 0) is 31.4 Å². The molecule has 0 fully saturated rings. The Kier molecular flexibility index (Phi) is 5.14. The zero-order chi connectivity index (χ0) is 17.9. The smallest absolute Gasteiger partial charge is 0.355 e. The van der Waals surface area contributed by atoms with Crippen molar-refractivity contribution in [2.45, 2.75) is 20.0 Å². The molecule has 0 saturated heterocycles. The van der Waals surface area contributed by atoms with Crippen LogP contribution < -0.4 is 11.1 Å². The van der Waals surface area contributed by atoms with E-state index in [1.54, 1.807) is 5.38 Å². The number of hydrogen-bond donors (Lipinski definition) is 3. The van der Waals surface area contributed by atoms with Gasteiger partial charge in [0.05, 0.1) is 5.56 Å². The predicted octanol–water partition coefficient (Wildman–Crippen LogP) is 1.56. The third kappa shape index (κ3) is 3.87. The zero-order valence-electron chi connectivity index (χ0n) is 12.9. The molecule has 0 aliphatic heterocycles. The second kappa shape index (κ2) is 7.09. The summed E-state index contributed by atoms with van der Waals surface area (Å²) in [5.74, 6) is -2.25. The van der Waals surface area contributed by atoms with E-state index in [-0.39, 0.29) is 22.0 Å². The molecule has 126 valence electrons. The summed E-state index contributed by atoms with van der Waals surface area (Å²) in [6, 6.07) is 2.83. The number of primary amides is 1. The molecule has 0 aliphatic rings. The molecule has 0 saturated carbocycles. The second-order valence-corrected chi connectivity index (χ2v) is 5.84. The molecule has 0 aliphatic carbocycles. The first kappa shape index (κ1) is 17.4. The number of thiophene rings is 1. The van der Waals surface area contributed by atoms with E-state index in [0.717, 1.165) is 11.3 Å². The number of ketones is 1. The van der Waals surface area contributed by atoms with Crippen LogP contribution in [0.4, 0.5) is 5.00 Å². The number of H-pyrrole nitrogens is 1. The molecule has 0 bridgehead atoms. The van der Waals surface area contributed by atoms with Crippen molar-refractivity contribution in [1.29, 1.82) is 0 Å². The summed E-state index contributed by atoms with van der Waals surface area (Å²) in [5, 5.41) is 4.38. The zero-order valence-corrected chi connectivity index (χ0v) is 13.7. The molecule has 9 heteroatoms. The molecule has 24 heavy (non-hydrogen) atoms. The minimum Gasteiger partial charge on any atom is -0.448 e. The first-order valence-corrected chi connectivity index (χ1v) is 7.76. The Morgan fingerprint density at radius 3 is 2.62 bits per heavy atom. The summed E-state index contributed by atoms with van der Waals surface area (Å²) in [4.78, 5) is 49.1. The normalized spacial score (nSPS) is 11.6. The van der Waals surface area contributed by atoms with Crippen LogP contribution in [0.2, 0.25) is 0 Å². The fourth-order valence-electron chi connectivity index (χ4n) is 1.81. The van der Waals surface area contributed by atoms with Gasteiger partial charge in [-0.15, -0.1) is 11.3 Å². The van der Waals surface area contributed by atoms with Gasteiger partial charge in [0, 0.05) is 11.8 Å². The summed E-state index contributed by atoms with van der Waals surface area (Å²) in [6.45, 7) is 2.76. The molecule has 4 N–H and O–H groups in total. The number of nitrogens with one attached hydrogen (secondary N) is 2. The fourth-order valence-corrected chi connectivity index (χ4v) is 2.60. The number of esters is 1. The summed E-state index contributed by atoms with van der Waals surface area (Å²) in [7, 11) is 0. The van der Waals surface area contributed by atoms with Crippen LogP contribution in [0.25, 0.3) is 0 Å². The lowest BCUT2D eigenvalue weighted by Crippen LogP contribution is -2.30. The molecule has 0 aromatic carbocycles. The Bertz CT molecular complexity index is 808. The number of hydrogen-bond acceptors (Lipinski definition) is 6. The third-order valence-electron chi connectivity index (χ3n) is 3.13. The largest absolute Gasteiger partial charge is 0.448 e. The number of rotatable bonds is 6. The van der Waals surface area contributed by atoms with Crippen LogP contribution in [0.5, 0.6) is 0 Å². The van der Waals surface area contributed by atoms with Crippen LogP contribution in [0, 0.1) is 0 Å². The van der Waals surface area contributed by atoms with E-state index in [1.165, 1.54) is 32.2 Å². The predicted molar refractivity (Wildman–Crippen MR) is 87.1 cm³/mol. The van der Waals surface area contributed by atoms with Crippen molar-refractivity contribution in [2.24, 2.45) is 5.73 Å². The Balaban J connectivity index is 2.00. The molecule has 0 radical (unpaired) electrons. The van der Waals surface area contributed by atoms with Crippen molar-refractivity contribution in [3.8, 4) is 0 Å². The summed E-state index contributed by atoms with van der Waals surface area (Å²) in [6.07, 6.45) is 0.276. The SMILES string of the molecule is CC(=O)c1c[nH]c(C(=O)O[C@@H](C)C(=O)Nc2sccc2C(N)=O)c1. The van der Waals surface area contributed by atoms with Crippen molar-refractivity contribution >= 4 is 39.9 Å². The summed E-state index contributed by atoms with van der Waals surface area (Å²) >= 11 is 1.13. The van der Waals surface area contributed by atoms with Crippen molar-refractivity contribution in [1.82, 2.24) is 4.98 Å². The maximum absolute atomic E-state index is 12.1. The molecule has 2 rings (SSSR count). The Morgan fingerprint density at radius 2 is 2.04 bits per heavy atom. The Hall–Kier alpha value is -2.94. The molecule has 2 heterocycles. The van der Waals surface area contributed by atoms with Crippen molar-refractivity contribution in [3.05, 3.63) is 40.5 Å². The van der Waals surface area contributed by atoms with E-state index in [1.807, 2.05) is 0 Å². The van der Waals surface area contributed by atoms with E-state index >= 15 is 0 Å². The van der Waals surface area contributed by atoms with Crippen molar-refractivity contribution in [2.75, 3.05) is 5.32 Å². The second-order valence-electron chi connectivity index (χ2n) is 4.92. The average Bonchev–Trinajstić information content (AvgIpc) is 3.15. The highest BCUT2D eigenvalue weighted by Gasteiger charge is 2.22. The number of nitrogens with two attached hydrogens (primary N) is 1. The van der Waals surface area contributed by atoms with Gasteiger partial charge in [-0.3, -0.25) is 14.4 Å². The lowest BCUT2D eigenvalue weighted by molar-refractivity contribution is -0.123. The maximum Gasteiger partial charge on any atom is 0.355 e. The van der Waals surface area contributed by atoms with Crippen LogP contribution >= 0.6 is 11.3 Å². The van der Waals surface area contributed by atoms with Gasteiger partial charge in [0.1, 0.15) is 10.7 Å². The molecular weight excluding hydrogens is 334 g/mol. The van der Waals surface area contributed by atoms with E-state index in [9.17, 15) is 19.2 Å². The van der Waals surface area contributed by atoms with Gasteiger partial charge in [0.2, 0.25) is 0 Å². The molecule has 2 amide bonds. The standard InChI is InChI=1S/C15H15N3O5S/c1-7(19)9-5-11(17-6-9)15(22)23-8(2)13(21)18-14-10(12(16)20)3-4-24-14/h3-6,8,17H,1-2H3,(H2,16,20)(H,18,21)/t8-/m0/s1. The third-order valence-corrected chi connectivity index (χ3v) is 3.96. The van der Waals surface area contributed by atoms with Crippen LogP contribution in [0.3, 0.4) is 0 Å². The topological polar surface area (TPSA) is 131 Å². The number of carbonyl (C=O) groups excluding carboxylic acids is 4. The van der Waals surface area contributed by atoms with E-state index in [0.29, 0.717) is 5.56 Å². The molecular formula is C15H15N3O5S. The number of aromatic nitrogens is 1. The molecule has 8 nitrogen and oxygen atoms in total. The monoisotopic (exact) mass is 349 g/mol. The first-order chi connectivity index (χ1) is 11.3. The molecule has 0 unspecified atom stereocenters. The minimum absolute atomic E-state index is 0.0637. The molecule has 1 atom stereocenters. The molecule has 0 spiro atoms. The van der Waals surface area contributed by atoms with E-state index in [2.05, 4.69) is 10.3 Å². The van der Waals surface area contributed by atoms with Crippen LogP contribution in [0.1, 0.15) is 45.1 Å². The Morgan fingerprint density at radius 1 is 1.33 bits per heavy atom. The lowest BCUT2D eigenvalue weighted by atomic mass is 10.2. The van der Waals surface area contributed by atoms with Crippen molar-refractivity contribution in [3.63, 3.8) is 0 Å². The van der Waals surface area contributed by atoms with E-state index in [4.69, 9.17) is 10.5 Å². The number of amides is 2. The first-order valence-electron chi connectivity index (χ1n) is 6.88. The molecule has 2 aromatic rings. The molecule has 2 aromatic heterocycles. The lowest BCUT2D eigenvalue weighted by Gasteiger charge is -2.12. The summed E-state index contributed by atoms with van der Waals surface area (Å²) in [5.41, 5.74) is 5.78. The highest BCUT2D eigenvalue weighted by molar-refractivity contribution is 7.14. The van der Waals surface area contributed by atoms with Crippen molar-refractivity contribution < 1.29 is 23.9 Å². The average molecular weight is 349 g/mol. The van der Waals surface area contributed by atoms with Gasteiger partial charge in [-0.2, -0.15) is 0 Å². The summed E-state index contributed by atoms with van der Waals surface area (Å²) < 4.78 is 5.04. The minimum atomic E-state index is -1.11. The highest BCUT2D eigenvalue weighted by Crippen LogP contribution is 2.23. The van der Waals surface area contributed by atoms with Gasteiger partial charge in [0.25, 0.3) is 11.8 Å². The number of aromatic amines is 1. The van der Waals surface area contributed by atoms with Gasteiger partial charge in [0.15, 0.2) is 11.9 Å². The van der Waals surface area contributed by atoms with Gasteiger partial charge in [-0.1, -0.05) is 0 Å². The number of carbonyl (C=O) groups is 4. The number of ether oxygens (including phenoxy) is 1. The maximum atomic E-state index is 12.1. The fraction of sp³-hybridized carbons (Fsp3) is 0.200. The Labute approximate surface area is 141 Å². The van der Waals surface area contributed by atoms with Gasteiger partial charge in [-0.25, -0.2) is 4.79 Å². The van der Waals surface area contributed by atoms with Crippen LogP contribution in [0.15, 0.2) is 23.7 Å². The number of Topliss-reactive ketones (excluding diaryl/α,β-unsaturated/α-hetero) is 1.